The van der Waals surface area contributed by atoms with E-state index in [-0.39, 0.29) is 35.7 Å². The molecule has 1 aliphatic heterocycles. The maximum atomic E-state index is 13.6. The average molecular weight is 612 g/mol. The number of hydrogen-bond donors (Lipinski definition) is 1. The van der Waals surface area contributed by atoms with Gasteiger partial charge in [-0.2, -0.15) is 0 Å². The molecule has 1 saturated heterocycles. The van der Waals surface area contributed by atoms with Gasteiger partial charge in [-0.1, -0.05) is 53.0 Å². The van der Waals surface area contributed by atoms with Gasteiger partial charge in [0, 0.05) is 40.6 Å². The van der Waals surface area contributed by atoms with Crippen molar-refractivity contribution in [3.63, 3.8) is 0 Å². The highest BCUT2D eigenvalue weighted by molar-refractivity contribution is 6.36. The van der Waals surface area contributed by atoms with Crippen molar-refractivity contribution in [1.29, 1.82) is 0 Å². The molecule has 1 fully saturated rings. The van der Waals surface area contributed by atoms with Crippen LogP contribution in [-0.4, -0.2) is 52.1 Å². The number of carbonyl (C=O) groups excluding carboxylic acids is 2. The molecule has 0 radical (unpaired) electrons. The van der Waals surface area contributed by atoms with Gasteiger partial charge in [0.05, 0.1) is 22.4 Å². The third-order valence-electron chi connectivity index (χ3n) is 7.10. The van der Waals surface area contributed by atoms with Gasteiger partial charge in [0.15, 0.2) is 0 Å². The molecule has 1 aliphatic rings. The monoisotopic (exact) mass is 610 g/mol. The van der Waals surface area contributed by atoms with Crippen molar-refractivity contribution < 1.29 is 14.3 Å². The van der Waals surface area contributed by atoms with Crippen LogP contribution in [0.1, 0.15) is 34.3 Å². The molecule has 0 spiro atoms. The lowest BCUT2D eigenvalue weighted by Crippen LogP contribution is -2.42. The maximum Gasteiger partial charge on any atom is 0.255 e. The van der Waals surface area contributed by atoms with Crippen LogP contribution in [0.15, 0.2) is 66.9 Å². The fourth-order valence-corrected chi connectivity index (χ4v) is 5.34. The lowest BCUT2D eigenvalue weighted by molar-refractivity contribution is -0.117. The molecule has 4 aromatic rings. The number of ether oxygens (including phenoxy) is 1. The van der Waals surface area contributed by atoms with E-state index in [1.54, 1.807) is 24.3 Å². The van der Waals surface area contributed by atoms with Crippen molar-refractivity contribution in [1.82, 2.24) is 14.5 Å². The highest BCUT2D eigenvalue weighted by atomic mass is 35.5. The van der Waals surface area contributed by atoms with Gasteiger partial charge in [0.2, 0.25) is 11.9 Å². The summed E-state index contributed by atoms with van der Waals surface area (Å²) in [5.41, 5.74) is 4.88. The zero-order valence-electron chi connectivity index (χ0n) is 22.7. The Balaban J connectivity index is 1.44. The fourth-order valence-electron chi connectivity index (χ4n) is 4.72. The molecule has 41 heavy (non-hydrogen) atoms. The van der Waals surface area contributed by atoms with Gasteiger partial charge < -0.3 is 9.64 Å². The molecule has 0 saturated carbocycles. The summed E-state index contributed by atoms with van der Waals surface area (Å²) in [6.45, 7) is 4.74. The number of rotatable bonds is 8. The Morgan fingerprint density at radius 2 is 1.76 bits per heavy atom. The number of halogens is 3. The second-order valence-electron chi connectivity index (χ2n) is 10.1. The number of carbonyl (C=O) groups is 2. The standard InChI is InChI=1S/C31H29Cl3N4O3/c1-19-5-11-24(14-20(19)2)38-17-28(21-6-8-22(32)9-7-21)35-31(38)36-29(39)18-37(16-25-4-3-13-41-25)30(40)26-12-10-23(33)15-27(26)34/h5-12,14-15,17,25H,3-4,13,16,18H2,1-2H3,(H,35,36,39)/t25-/m0/s1. The number of nitrogens with zero attached hydrogens (tertiary/aromatic N) is 3. The van der Waals surface area contributed by atoms with Crippen LogP contribution < -0.4 is 5.32 Å². The van der Waals surface area contributed by atoms with Gasteiger partial charge in [-0.25, -0.2) is 4.98 Å². The van der Waals surface area contributed by atoms with Crippen LogP contribution in [0.2, 0.25) is 15.1 Å². The Hall–Kier alpha value is -3.36. The second kappa shape index (κ2) is 12.7. The molecule has 1 atom stereocenters. The lowest BCUT2D eigenvalue weighted by atomic mass is 10.1. The molecular weight excluding hydrogens is 583 g/mol. The van der Waals surface area contributed by atoms with Crippen LogP contribution in [0, 0.1) is 13.8 Å². The molecule has 0 bridgehead atoms. The van der Waals surface area contributed by atoms with E-state index < -0.39 is 5.91 Å². The van der Waals surface area contributed by atoms with Crippen LogP contribution in [-0.2, 0) is 9.53 Å². The Morgan fingerprint density at radius 3 is 2.44 bits per heavy atom. The summed E-state index contributed by atoms with van der Waals surface area (Å²) in [6.07, 6.45) is 3.42. The van der Waals surface area contributed by atoms with Gasteiger partial charge in [-0.05, 0) is 80.3 Å². The number of aromatic nitrogens is 2. The largest absolute Gasteiger partial charge is 0.376 e. The summed E-state index contributed by atoms with van der Waals surface area (Å²) >= 11 is 18.5. The van der Waals surface area contributed by atoms with Crippen LogP contribution in [0.4, 0.5) is 5.95 Å². The zero-order valence-corrected chi connectivity index (χ0v) is 24.9. The van der Waals surface area contributed by atoms with Crippen molar-refractivity contribution in [2.45, 2.75) is 32.8 Å². The Bertz CT molecular complexity index is 1580. The molecule has 10 heteroatoms. The zero-order chi connectivity index (χ0) is 29.1. The normalized spacial score (nSPS) is 14.7. The second-order valence-corrected chi connectivity index (χ2v) is 11.4. The third-order valence-corrected chi connectivity index (χ3v) is 7.90. The number of amides is 2. The quantitative estimate of drug-likeness (QED) is 0.226. The van der Waals surface area contributed by atoms with Gasteiger partial charge in [-0.3, -0.25) is 19.5 Å². The van der Waals surface area contributed by atoms with Crippen LogP contribution in [0.25, 0.3) is 16.9 Å². The maximum absolute atomic E-state index is 13.6. The smallest absolute Gasteiger partial charge is 0.255 e. The molecule has 0 unspecified atom stereocenters. The van der Waals surface area contributed by atoms with Gasteiger partial charge in [0.1, 0.15) is 6.54 Å². The first-order valence-electron chi connectivity index (χ1n) is 13.3. The molecule has 1 N–H and O–H groups in total. The summed E-state index contributed by atoms with van der Waals surface area (Å²) < 4.78 is 7.60. The lowest BCUT2D eigenvalue weighted by Gasteiger charge is -2.25. The first-order valence-corrected chi connectivity index (χ1v) is 14.4. The number of benzene rings is 3. The van der Waals surface area contributed by atoms with Crippen molar-refractivity contribution in [3.05, 3.63) is 98.6 Å². The van der Waals surface area contributed by atoms with E-state index in [4.69, 9.17) is 44.5 Å². The van der Waals surface area contributed by atoms with E-state index in [2.05, 4.69) is 5.32 Å². The minimum atomic E-state index is -0.403. The first-order chi connectivity index (χ1) is 19.7. The van der Waals surface area contributed by atoms with Gasteiger partial charge >= 0.3 is 0 Å². The van der Waals surface area contributed by atoms with E-state index in [1.165, 1.54) is 11.0 Å². The molecule has 5 rings (SSSR count). The van der Waals surface area contributed by atoms with Gasteiger partial charge in [-0.15, -0.1) is 0 Å². The minimum absolute atomic E-state index is 0.160. The molecule has 7 nitrogen and oxygen atoms in total. The number of imidazole rings is 1. The number of nitrogens with one attached hydrogen (secondary N) is 1. The summed E-state index contributed by atoms with van der Waals surface area (Å²) in [7, 11) is 0. The van der Waals surface area contributed by atoms with E-state index in [0.717, 1.165) is 35.2 Å². The molecule has 2 heterocycles. The number of aryl methyl sites for hydroxylation is 2. The van der Waals surface area contributed by atoms with E-state index >= 15 is 0 Å². The minimum Gasteiger partial charge on any atom is -0.376 e. The van der Waals surface area contributed by atoms with E-state index in [0.29, 0.717) is 28.3 Å². The SMILES string of the molecule is Cc1ccc(-n2cc(-c3ccc(Cl)cc3)nc2NC(=O)CN(C[C@@H]2CCCO2)C(=O)c2ccc(Cl)cc2Cl)cc1C. The Morgan fingerprint density at radius 1 is 1.00 bits per heavy atom. The predicted molar refractivity (Wildman–Crippen MR) is 163 cm³/mol. The number of hydrogen-bond acceptors (Lipinski definition) is 4. The molecule has 2 amide bonds. The fraction of sp³-hybridized carbons (Fsp3) is 0.258. The van der Waals surface area contributed by atoms with Crippen LogP contribution >= 0.6 is 34.8 Å². The van der Waals surface area contributed by atoms with Crippen molar-refractivity contribution in [3.8, 4) is 16.9 Å². The summed E-state index contributed by atoms with van der Waals surface area (Å²) in [6, 6.07) is 18.0. The third kappa shape index (κ3) is 6.93. The highest BCUT2D eigenvalue weighted by Gasteiger charge is 2.27. The molecule has 1 aromatic heterocycles. The first kappa shape index (κ1) is 29.1. The van der Waals surface area contributed by atoms with E-state index in [9.17, 15) is 9.59 Å². The van der Waals surface area contributed by atoms with E-state index in [1.807, 2.05) is 54.9 Å². The molecule has 0 aliphatic carbocycles. The van der Waals surface area contributed by atoms with Crippen LogP contribution in [0.5, 0.6) is 0 Å². The summed E-state index contributed by atoms with van der Waals surface area (Å²) in [5.74, 6) is -0.450. The topological polar surface area (TPSA) is 76.5 Å². The van der Waals surface area contributed by atoms with Crippen molar-refractivity contribution in [2.24, 2.45) is 0 Å². The van der Waals surface area contributed by atoms with Crippen molar-refractivity contribution in [2.75, 3.05) is 25.0 Å². The Labute approximate surface area is 254 Å². The van der Waals surface area contributed by atoms with Gasteiger partial charge in [0.25, 0.3) is 5.91 Å². The Kier molecular flexibility index (Phi) is 9.00. The van der Waals surface area contributed by atoms with Crippen LogP contribution in [0.3, 0.4) is 0 Å². The molecular formula is C31H29Cl3N4O3. The molecule has 212 valence electrons. The summed E-state index contributed by atoms with van der Waals surface area (Å²) in [5, 5.41) is 4.19. The predicted octanol–water partition coefficient (Wildman–Crippen LogP) is 7.38. The molecule has 3 aromatic carbocycles. The summed E-state index contributed by atoms with van der Waals surface area (Å²) in [4.78, 5) is 33.3. The average Bonchev–Trinajstić information content (AvgIpc) is 3.60. The number of anilines is 1. The highest BCUT2D eigenvalue weighted by Crippen LogP contribution is 2.27. The van der Waals surface area contributed by atoms with Crippen molar-refractivity contribution >= 4 is 52.6 Å².